The number of methoxy groups -OCH3 is 1. The van der Waals surface area contributed by atoms with Gasteiger partial charge in [-0.05, 0) is 18.4 Å². The average molecular weight is 290 g/mol. The van der Waals surface area contributed by atoms with Crippen LogP contribution >= 0.6 is 0 Å². The zero-order valence-corrected chi connectivity index (χ0v) is 13.0. The molecule has 2 heterocycles. The summed E-state index contributed by atoms with van der Waals surface area (Å²) in [5, 5.41) is 4.55. The molecule has 114 valence electrons. The molecule has 0 amide bonds. The van der Waals surface area contributed by atoms with Crippen molar-refractivity contribution in [2.45, 2.75) is 32.6 Å². The summed E-state index contributed by atoms with van der Waals surface area (Å²) in [6.07, 6.45) is 4.75. The number of hydrogen-bond acceptors (Lipinski definition) is 5. The molecule has 2 aromatic heterocycles. The minimum absolute atomic E-state index is 0.180. The smallest absolute Gasteiger partial charge is 0.305 e. The van der Waals surface area contributed by atoms with Crippen LogP contribution in [0.2, 0.25) is 0 Å². The van der Waals surface area contributed by atoms with Gasteiger partial charge in [0.05, 0.1) is 12.8 Å². The van der Waals surface area contributed by atoms with E-state index in [0.29, 0.717) is 12.3 Å². The number of hydrogen-bond donors (Lipinski definition) is 0. The summed E-state index contributed by atoms with van der Waals surface area (Å²) >= 11 is 0. The van der Waals surface area contributed by atoms with Gasteiger partial charge in [-0.2, -0.15) is 5.10 Å². The summed E-state index contributed by atoms with van der Waals surface area (Å²) in [6, 6.07) is 2.07. The lowest BCUT2D eigenvalue weighted by molar-refractivity contribution is -0.140. The fourth-order valence-electron chi connectivity index (χ4n) is 2.17. The van der Waals surface area contributed by atoms with Gasteiger partial charge in [0, 0.05) is 32.4 Å². The van der Waals surface area contributed by atoms with Gasteiger partial charge in [-0.3, -0.25) is 4.79 Å². The summed E-state index contributed by atoms with van der Waals surface area (Å²) in [7, 11) is 3.38. The first kappa shape index (κ1) is 15.3. The molecule has 0 saturated carbocycles. The van der Waals surface area contributed by atoms with Crippen LogP contribution in [0, 0.1) is 0 Å². The van der Waals surface area contributed by atoms with Gasteiger partial charge in [0.1, 0.15) is 5.52 Å². The maximum absolute atomic E-state index is 11.1. The van der Waals surface area contributed by atoms with Crippen molar-refractivity contribution in [1.82, 2.24) is 14.6 Å². The molecule has 0 N–H and O–H groups in total. The standard InChI is InChI=1S/C15H22N4O2/c1-11(2)12-10-13-15(16-7-9-19(13)17-12)18(3)8-5-6-14(20)21-4/h7,9-11H,5-6,8H2,1-4H3. The van der Waals surface area contributed by atoms with Gasteiger partial charge in [-0.15, -0.1) is 0 Å². The second kappa shape index (κ2) is 6.56. The van der Waals surface area contributed by atoms with Crippen molar-refractivity contribution in [2.75, 3.05) is 25.6 Å². The van der Waals surface area contributed by atoms with E-state index in [0.717, 1.165) is 30.0 Å². The van der Waals surface area contributed by atoms with Crippen molar-refractivity contribution >= 4 is 17.3 Å². The lowest BCUT2D eigenvalue weighted by Crippen LogP contribution is -2.21. The van der Waals surface area contributed by atoms with Crippen LogP contribution in [0.1, 0.15) is 38.3 Å². The Balaban J connectivity index is 2.15. The monoisotopic (exact) mass is 290 g/mol. The second-order valence-electron chi connectivity index (χ2n) is 5.41. The first-order valence-electron chi connectivity index (χ1n) is 7.15. The van der Waals surface area contributed by atoms with E-state index in [1.807, 2.05) is 22.7 Å². The van der Waals surface area contributed by atoms with Crippen LogP contribution in [0.25, 0.3) is 5.52 Å². The molecule has 2 rings (SSSR count). The summed E-state index contributed by atoms with van der Waals surface area (Å²) < 4.78 is 6.51. The Morgan fingerprint density at radius 1 is 1.48 bits per heavy atom. The highest BCUT2D eigenvalue weighted by molar-refractivity contribution is 5.70. The van der Waals surface area contributed by atoms with Gasteiger partial charge < -0.3 is 9.64 Å². The van der Waals surface area contributed by atoms with Gasteiger partial charge in [0.15, 0.2) is 5.82 Å². The van der Waals surface area contributed by atoms with Crippen LogP contribution in [0.4, 0.5) is 5.82 Å². The summed E-state index contributed by atoms with van der Waals surface area (Å²) in [5.41, 5.74) is 2.04. The molecule has 0 unspecified atom stereocenters. The van der Waals surface area contributed by atoms with Gasteiger partial charge in [-0.1, -0.05) is 13.8 Å². The number of fused-ring (bicyclic) bond motifs is 1. The molecule has 0 radical (unpaired) electrons. The number of rotatable bonds is 6. The number of carbonyl (C=O) groups excluding carboxylic acids is 1. The maximum atomic E-state index is 11.1. The molecule has 0 fully saturated rings. The molecule has 0 aliphatic heterocycles. The highest BCUT2D eigenvalue weighted by Crippen LogP contribution is 2.22. The predicted molar refractivity (Wildman–Crippen MR) is 81.6 cm³/mol. The van der Waals surface area contributed by atoms with Gasteiger partial charge in [-0.25, -0.2) is 9.50 Å². The fourth-order valence-corrected chi connectivity index (χ4v) is 2.17. The van der Waals surface area contributed by atoms with Crippen molar-refractivity contribution in [3.05, 3.63) is 24.2 Å². The molecule has 0 aromatic carbocycles. The highest BCUT2D eigenvalue weighted by Gasteiger charge is 2.13. The number of anilines is 1. The molecule has 0 bridgehead atoms. The molecule has 0 atom stereocenters. The van der Waals surface area contributed by atoms with Crippen molar-refractivity contribution in [1.29, 1.82) is 0 Å². The Kier molecular flexibility index (Phi) is 4.77. The van der Waals surface area contributed by atoms with E-state index >= 15 is 0 Å². The first-order chi connectivity index (χ1) is 10.0. The Bertz CT molecular complexity index is 621. The molecule has 21 heavy (non-hydrogen) atoms. The second-order valence-corrected chi connectivity index (χ2v) is 5.41. The van der Waals surface area contributed by atoms with Crippen molar-refractivity contribution in [3.63, 3.8) is 0 Å². The van der Waals surface area contributed by atoms with Crippen molar-refractivity contribution in [2.24, 2.45) is 0 Å². The normalized spacial score (nSPS) is 11.1. The minimum Gasteiger partial charge on any atom is -0.469 e. The van der Waals surface area contributed by atoms with Crippen LogP contribution in [0.15, 0.2) is 18.5 Å². The van der Waals surface area contributed by atoms with Gasteiger partial charge in [0.25, 0.3) is 0 Å². The van der Waals surface area contributed by atoms with E-state index in [1.165, 1.54) is 7.11 Å². The van der Waals surface area contributed by atoms with E-state index in [4.69, 9.17) is 0 Å². The van der Waals surface area contributed by atoms with E-state index in [1.54, 1.807) is 6.20 Å². The third-order valence-electron chi connectivity index (χ3n) is 3.44. The maximum Gasteiger partial charge on any atom is 0.305 e. The SMILES string of the molecule is COC(=O)CCCN(C)c1nccn2nc(C(C)C)cc12. The summed E-state index contributed by atoms with van der Waals surface area (Å²) in [6.45, 7) is 4.98. The quantitative estimate of drug-likeness (QED) is 0.764. The third kappa shape index (κ3) is 3.51. The summed E-state index contributed by atoms with van der Waals surface area (Å²) in [4.78, 5) is 17.6. The lowest BCUT2D eigenvalue weighted by Gasteiger charge is -2.18. The van der Waals surface area contributed by atoms with Crippen LogP contribution in [0.3, 0.4) is 0 Å². The average Bonchev–Trinajstić information content (AvgIpc) is 2.90. The Labute approximate surface area is 124 Å². The van der Waals surface area contributed by atoms with Crippen LogP contribution in [0.5, 0.6) is 0 Å². The molecule has 0 spiro atoms. The zero-order chi connectivity index (χ0) is 15.4. The molecule has 0 aliphatic rings. The highest BCUT2D eigenvalue weighted by atomic mass is 16.5. The van der Waals surface area contributed by atoms with E-state index in [2.05, 4.69) is 34.7 Å². The Hall–Kier alpha value is -2.11. The number of aromatic nitrogens is 3. The predicted octanol–water partition coefficient (Wildman–Crippen LogP) is 2.24. The Morgan fingerprint density at radius 2 is 2.24 bits per heavy atom. The molecule has 0 aliphatic carbocycles. The molecule has 6 heteroatoms. The van der Waals surface area contributed by atoms with E-state index < -0.39 is 0 Å². The molecule has 6 nitrogen and oxygen atoms in total. The largest absolute Gasteiger partial charge is 0.469 e. The van der Waals surface area contributed by atoms with E-state index in [-0.39, 0.29) is 5.97 Å². The molecule has 0 saturated heterocycles. The molecule has 2 aromatic rings. The Morgan fingerprint density at radius 3 is 2.90 bits per heavy atom. The van der Waals surface area contributed by atoms with Crippen LogP contribution < -0.4 is 4.90 Å². The fraction of sp³-hybridized carbons (Fsp3) is 0.533. The topological polar surface area (TPSA) is 59.7 Å². The number of ether oxygens (including phenoxy) is 1. The number of nitrogens with zero attached hydrogens (tertiary/aromatic N) is 4. The molecular formula is C15H22N4O2. The third-order valence-corrected chi connectivity index (χ3v) is 3.44. The first-order valence-corrected chi connectivity index (χ1v) is 7.15. The number of esters is 1. The van der Waals surface area contributed by atoms with Crippen molar-refractivity contribution < 1.29 is 9.53 Å². The van der Waals surface area contributed by atoms with Gasteiger partial charge >= 0.3 is 5.97 Å². The van der Waals surface area contributed by atoms with E-state index in [9.17, 15) is 4.79 Å². The molecular weight excluding hydrogens is 268 g/mol. The van der Waals surface area contributed by atoms with Crippen molar-refractivity contribution in [3.8, 4) is 0 Å². The lowest BCUT2D eigenvalue weighted by atomic mass is 10.1. The summed E-state index contributed by atoms with van der Waals surface area (Å²) in [5.74, 6) is 1.07. The van der Waals surface area contributed by atoms with Crippen LogP contribution in [-0.4, -0.2) is 41.3 Å². The van der Waals surface area contributed by atoms with Gasteiger partial charge in [0.2, 0.25) is 0 Å². The number of carbonyl (C=O) groups is 1. The van der Waals surface area contributed by atoms with Crippen LogP contribution in [-0.2, 0) is 9.53 Å². The minimum atomic E-state index is -0.180. The zero-order valence-electron chi connectivity index (χ0n) is 13.0.